The fraction of sp³-hybridized carbons (Fsp3) is 0.250. The monoisotopic (exact) mass is 391 g/mol. The Morgan fingerprint density at radius 3 is 2.54 bits per heavy atom. The summed E-state index contributed by atoms with van der Waals surface area (Å²) in [4.78, 5) is 14.8. The SMILES string of the molecule is CCN(CC)Cc1c(O)ccc2c1O/C(=C\c1ccc(Cl)cc1Cl)C2=O. The Hall–Kier alpha value is -2.01. The van der Waals surface area contributed by atoms with E-state index in [4.69, 9.17) is 27.9 Å². The van der Waals surface area contributed by atoms with Gasteiger partial charge in [-0.1, -0.05) is 43.1 Å². The molecule has 0 saturated carbocycles. The topological polar surface area (TPSA) is 49.8 Å². The van der Waals surface area contributed by atoms with Crippen molar-refractivity contribution in [2.24, 2.45) is 0 Å². The van der Waals surface area contributed by atoms with E-state index < -0.39 is 0 Å². The fourth-order valence-electron chi connectivity index (χ4n) is 2.88. The lowest BCUT2D eigenvalue weighted by molar-refractivity contribution is 0.101. The van der Waals surface area contributed by atoms with Crippen molar-refractivity contribution in [1.29, 1.82) is 0 Å². The van der Waals surface area contributed by atoms with Crippen molar-refractivity contribution in [3.05, 3.63) is 62.8 Å². The van der Waals surface area contributed by atoms with Gasteiger partial charge in [0.05, 0.1) is 11.1 Å². The zero-order valence-electron chi connectivity index (χ0n) is 14.6. The van der Waals surface area contributed by atoms with Crippen LogP contribution < -0.4 is 4.74 Å². The first-order valence-electron chi connectivity index (χ1n) is 8.41. The van der Waals surface area contributed by atoms with E-state index in [-0.39, 0.29) is 17.3 Å². The van der Waals surface area contributed by atoms with Gasteiger partial charge in [-0.15, -0.1) is 0 Å². The average molecular weight is 392 g/mol. The zero-order chi connectivity index (χ0) is 18.8. The molecule has 0 atom stereocenters. The number of ketones is 1. The Kier molecular flexibility index (Phi) is 5.56. The van der Waals surface area contributed by atoms with Crippen molar-refractivity contribution in [2.45, 2.75) is 20.4 Å². The summed E-state index contributed by atoms with van der Waals surface area (Å²) in [6.07, 6.45) is 1.60. The molecule has 1 aliphatic rings. The number of benzene rings is 2. The molecule has 136 valence electrons. The number of hydrogen-bond donors (Lipinski definition) is 1. The lowest BCUT2D eigenvalue weighted by Crippen LogP contribution is -2.22. The summed E-state index contributed by atoms with van der Waals surface area (Å²) >= 11 is 12.1. The predicted molar refractivity (Wildman–Crippen MR) is 104 cm³/mol. The van der Waals surface area contributed by atoms with E-state index in [2.05, 4.69) is 4.90 Å². The van der Waals surface area contributed by atoms with Crippen LogP contribution in [0.25, 0.3) is 6.08 Å². The lowest BCUT2D eigenvalue weighted by atomic mass is 10.0. The van der Waals surface area contributed by atoms with E-state index in [1.165, 1.54) is 6.07 Å². The van der Waals surface area contributed by atoms with E-state index in [1.54, 1.807) is 30.3 Å². The average Bonchev–Trinajstić information content (AvgIpc) is 2.93. The standard InChI is InChI=1S/C20H19Cl2NO3/c1-3-23(4-2)11-15-17(24)8-7-14-19(25)18(26-20(14)15)9-12-5-6-13(21)10-16(12)22/h5-10,24H,3-4,11H2,1-2H3/b18-9-. The largest absolute Gasteiger partial charge is 0.507 e. The van der Waals surface area contributed by atoms with Crippen molar-refractivity contribution in [1.82, 2.24) is 4.90 Å². The number of carbonyl (C=O) groups excluding carboxylic acids is 1. The van der Waals surface area contributed by atoms with Crippen molar-refractivity contribution >= 4 is 35.1 Å². The van der Waals surface area contributed by atoms with Gasteiger partial charge in [0.1, 0.15) is 11.5 Å². The van der Waals surface area contributed by atoms with Crippen LogP contribution in [-0.4, -0.2) is 28.9 Å². The first kappa shape index (κ1) is 18.8. The van der Waals surface area contributed by atoms with Gasteiger partial charge in [0.15, 0.2) is 5.76 Å². The molecule has 2 aromatic carbocycles. The second kappa shape index (κ2) is 7.70. The Labute approximate surface area is 162 Å². The number of allylic oxidation sites excluding steroid dienone is 1. The van der Waals surface area contributed by atoms with Crippen molar-refractivity contribution in [3.8, 4) is 11.5 Å². The van der Waals surface area contributed by atoms with E-state index >= 15 is 0 Å². The Morgan fingerprint density at radius 2 is 1.88 bits per heavy atom. The van der Waals surface area contributed by atoms with Gasteiger partial charge >= 0.3 is 0 Å². The number of rotatable bonds is 5. The highest BCUT2D eigenvalue weighted by Crippen LogP contribution is 2.40. The molecule has 0 fully saturated rings. The molecule has 1 N–H and O–H groups in total. The summed E-state index contributed by atoms with van der Waals surface area (Å²) in [7, 11) is 0. The molecule has 0 saturated heterocycles. The van der Waals surface area contributed by atoms with Crippen LogP contribution in [0.5, 0.6) is 11.5 Å². The third-order valence-electron chi connectivity index (χ3n) is 4.44. The van der Waals surface area contributed by atoms with Gasteiger partial charge in [0, 0.05) is 16.6 Å². The lowest BCUT2D eigenvalue weighted by Gasteiger charge is -2.20. The Balaban J connectivity index is 1.99. The molecule has 1 heterocycles. The van der Waals surface area contributed by atoms with Crippen LogP contribution in [0.1, 0.15) is 35.3 Å². The number of nitrogens with zero attached hydrogens (tertiary/aromatic N) is 1. The number of halogens is 2. The second-order valence-corrected chi connectivity index (χ2v) is 6.85. The van der Waals surface area contributed by atoms with Gasteiger partial charge in [-0.25, -0.2) is 0 Å². The summed E-state index contributed by atoms with van der Waals surface area (Å²) in [6.45, 7) is 6.25. The van der Waals surface area contributed by atoms with Gasteiger partial charge in [0.25, 0.3) is 0 Å². The van der Waals surface area contributed by atoms with E-state index in [1.807, 2.05) is 13.8 Å². The molecule has 2 aromatic rings. The number of phenolic OH excluding ortho intramolecular Hbond substituents is 1. The van der Waals surface area contributed by atoms with Crippen LogP contribution in [-0.2, 0) is 6.54 Å². The summed E-state index contributed by atoms with van der Waals surface area (Å²) in [5.41, 5.74) is 1.70. The first-order chi connectivity index (χ1) is 12.4. The quantitative estimate of drug-likeness (QED) is 0.715. The number of carbonyl (C=O) groups is 1. The molecule has 0 spiro atoms. The number of hydrogen-bond acceptors (Lipinski definition) is 4. The molecule has 3 rings (SSSR count). The first-order valence-corrected chi connectivity index (χ1v) is 9.16. The van der Waals surface area contributed by atoms with Gasteiger partial charge in [0.2, 0.25) is 5.78 Å². The predicted octanol–water partition coefficient (Wildman–Crippen LogP) is 5.16. The minimum atomic E-state index is -0.230. The Morgan fingerprint density at radius 1 is 1.15 bits per heavy atom. The van der Waals surface area contributed by atoms with Crippen LogP contribution in [0, 0.1) is 0 Å². The maximum absolute atomic E-state index is 12.7. The van der Waals surface area contributed by atoms with Crippen LogP contribution in [0.4, 0.5) is 0 Å². The molecule has 0 amide bonds. The number of aromatic hydroxyl groups is 1. The summed E-state index contributed by atoms with van der Waals surface area (Å²) < 4.78 is 5.84. The highest BCUT2D eigenvalue weighted by molar-refractivity contribution is 6.35. The highest BCUT2D eigenvalue weighted by atomic mass is 35.5. The minimum absolute atomic E-state index is 0.120. The van der Waals surface area contributed by atoms with E-state index in [9.17, 15) is 9.90 Å². The molecule has 0 unspecified atom stereocenters. The Bertz CT molecular complexity index is 889. The molecule has 0 aromatic heterocycles. The summed E-state index contributed by atoms with van der Waals surface area (Å²) in [6, 6.07) is 8.16. The molecule has 0 bridgehead atoms. The number of Topliss-reactive ketones (excluding diaryl/α,β-unsaturated/α-hetero) is 1. The fourth-order valence-corrected chi connectivity index (χ4v) is 3.34. The molecular weight excluding hydrogens is 373 g/mol. The molecule has 0 aliphatic carbocycles. The minimum Gasteiger partial charge on any atom is -0.507 e. The number of phenols is 1. The van der Waals surface area contributed by atoms with E-state index in [0.29, 0.717) is 39.0 Å². The van der Waals surface area contributed by atoms with Crippen molar-refractivity contribution in [2.75, 3.05) is 13.1 Å². The van der Waals surface area contributed by atoms with Crippen LogP contribution in [0.3, 0.4) is 0 Å². The molecule has 0 radical (unpaired) electrons. The second-order valence-electron chi connectivity index (χ2n) is 6.01. The van der Waals surface area contributed by atoms with Crippen molar-refractivity contribution in [3.63, 3.8) is 0 Å². The maximum Gasteiger partial charge on any atom is 0.231 e. The van der Waals surface area contributed by atoms with Gasteiger partial charge < -0.3 is 9.84 Å². The van der Waals surface area contributed by atoms with Gasteiger partial charge in [-0.05, 0) is 49.0 Å². The van der Waals surface area contributed by atoms with Gasteiger partial charge in [-0.2, -0.15) is 0 Å². The zero-order valence-corrected chi connectivity index (χ0v) is 16.1. The van der Waals surface area contributed by atoms with Gasteiger partial charge in [-0.3, -0.25) is 9.69 Å². The molecule has 4 nitrogen and oxygen atoms in total. The number of fused-ring (bicyclic) bond motifs is 1. The van der Waals surface area contributed by atoms with Crippen LogP contribution in [0.2, 0.25) is 10.0 Å². The molecule has 26 heavy (non-hydrogen) atoms. The maximum atomic E-state index is 12.7. The highest BCUT2D eigenvalue weighted by Gasteiger charge is 2.31. The van der Waals surface area contributed by atoms with Crippen LogP contribution >= 0.6 is 23.2 Å². The van der Waals surface area contributed by atoms with E-state index in [0.717, 1.165) is 13.1 Å². The third-order valence-corrected chi connectivity index (χ3v) is 5.00. The third kappa shape index (κ3) is 3.58. The summed E-state index contributed by atoms with van der Waals surface area (Å²) in [5.74, 6) is 0.481. The summed E-state index contributed by atoms with van der Waals surface area (Å²) in [5, 5.41) is 11.2. The molecular formula is C20H19Cl2NO3. The molecule has 1 aliphatic heterocycles. The molecule has 6 heteroatoms. The number of ether oxygens (including phenoxy) is 1. The smallest absolute Gasteiger partial charge is 0.231 e. The van der Waals surface area contributed by atoms with Crippen LogP contribution in [0.15, 0.2) is 36.1 Å². The normalized spacial score (nSPS) is 14.8. The van der Waals surface area contributed by atoms with Crippen molar-refractivity contribution < 1.29 is 14.6 Å².